The van der Waals surface area contributed by atoms with Crippen molar-refractivity contribution in [2.75, 3.05) is 27.8 Å². The maximum absolute atomic E-state index is 12.5. The molecule has 0 spiro atoms. The zero-order valence-corrected chi connectivity index (χ0v) is 18.1. The highest BCUT2D eigenvalue weighted by molar-refractivity contribution is 6.05. The predicted molar refractivity (Wildman–Crippen MR) is 116 cm³/mol. The lowest BCUT2D eigenvalue weighted by molar-refractivity contribution is 0.100. The number of ether oxygens (including phenoxy) is 2. The number of allylic oxidation sites excluding steroid dienone is 1. The van der Waals surface area contributed by atoms with Gasteiger partial charge in [-0.25, -0.2) is 14.6 Å². The van der Waals surface area contributed by atoms with E-state index in [4.69, 9.17) is 14.5 Å². The van der Waals surface area contributed by atoms with E-state index >= 15 is 0 Å². The molecular weight excluding hydrogens is 396 g/mol. The summed E-state index contributed by atoms with van der Waals surface area (Å²) in [5.74, 6) is 2.04. The fourth-order valence-electron chi connectivity index (χ4n) is 3.37. The summed E-state index contributed by atoms with van der Waals surface area (Å²) < 4.78 is 15.1. The molecule has 162 valence electrons. The zero-order chi connectivity index (χ0) is 22.0. The lowest BCUT2D eigenvalue weighted by Crippen LogP contribution is -2.16. The second-order valence-corrected chi connectivity index (χ2v) is 7.66. The minimum absolute atomic E-state index is 0.00696. The number of carbonyl (C=O) groups is 1. The molecule has 31 heavy (non-hydrogen) atoms. The fraction of sp³-hybridized carbons (Fsp3) is 0.364. The molecule has 0 bridgehead atoms. The Kier molecular flexibility index (Phi) is 5.85. The first-order chi connectivity index (χ1) is 15.0. The lowest BCUT2D eigenvalue weighted by atomic mass is 10.1. The van der Waals surface area contributed by atoms with Crippen LogP contribution in [0.4, 0.5) is 0 Å². The summed E-state index contributed by atoms with van der Waals surface area (Å²) in [6.07, 6.45) is 6.77. The summed E-state index contributed by atoms with van der Waals surface area (Å²) >= 11 is 0. The average molecular weight is 422 g/mol. The molecular formula is C22H26N6O3. The average Bonchev–Trinajstić information content (AvgIpc) is 3.35. The van der Waals surface area contributed by atoms with E-state index < -0.39 is 0 Å². The van der Waals surface area contributed by atoms with Gasteiger partial charge in [-0.05, 0) is 19.1 Å². The number of hydrogen-bond acceptors (Lipinski definition) is 7. The molecule has 0 amide bonds. The number of hydrogen-bond donors (Lipinski definition) is 0. The molecule has 0 saturated carbocycles. The number of ketones is 1. The van der Waals surface area contributed by atoms with Crippen LogP contribution in [0, 0.1) is 0 Å². The van der Waals surface area contributed by atoms with Crippen LogP contribution in [0.5, 0.6) is 5.75 Å². The molecule has 2 aromatic heterocycles. The van der Waals surface area contributed by atoms with Gasteiger partial charge in [0, 0.05) is 45.2 Å². The first kappa shape index (κ1) is 20.8. The molecule has 0 saturated heterocycles. The predicted octanol–water partition coefficient (Wildman–Crippen LogP) is 2.49. The van der Waals surface area contributed by atoms with E-state index in [-0.39, 0.29) is 11.9 Å². The highest BCUT2D eigenvalue weighted by Crippen LogP contribution is 2.34. The molecule has 3 aromatic rings. The van der Waals surface area contributed by atoms with Crippen LogP contribution in [0.1, 0.15) is 17.3 Å². The maximum Gasteiger partial charge on any atom is 0.187 e. The van der Waals surface area contributed by atoms with Crippen LogP contribution in [-0.2, 0) is 17.8 Å². The van der Waals surface area contributed by atoms with Crippen LogP contribution in [0.15, 0.2) is 43.0 Å². The summed E-state index contributed by atoms with van der Waals surface area (Å²) in [4.78, 5) is 23.5. The normalized spacial score (nSPS) is 13.9. The maximum atomic E-state index is 12.5. The quantitative estimate of drug-likeness (QED) is 0.427. The Balaban J connectivity index is 1.68. The highest BCUT2D eigenvalue weighted by atomic mass is 16.5. The summed E-state index contributed by atoms with van der Waals surface area (Å²) in [6.45, 7) is 3.69. The number of carbonyl (C=O) groups excluding carboxylic acids is 1. The van der Waals surface area contributed by atoms with Gasteiger partial charge in [-0.15, -0.1) is 0 Å². The molecule has 3 heterocycles. The number of rotatable bonds is 7. The van der Waals surface area contributed by atoms with Crippen LogP contribution in [0.2, 0.25) is 0 Å². The number of imidazole rings is 1. The molecule has 1 unspecified atom stereocenters. The Morgan fingerprint density at radius 3 is 2.97 bits per heavy atom. The number of benzene rings is 1. The lowest BCUT2D eigenvalue weighted by Gasteiger charge is -2.10. The molecule has 0 N–H and O–H groups in total. The van der Waals surface area contributed by atoms with Crippen LogP contribution in [-0.4, -0.2) is 68.9 Å². The third-order valence-electron chi connectivity index (χ3n) is 5.07. The summed E-state index contributed by atoms with van der Waals surface area (Å²) in [5, 5.41) is 4.31. The van der Waals surface area contributed by atoms with Gasteiger partial charge in [0.2, 0.25) is 0 Å². The van der Waals surface area contributed by atoms with Gasteiger partial charge in [0.25, 0.3) is 0 Å². The van der Waals surface area contributed by atoms with Crippen molar-refractivity contribution in [2.45, 2.75) is 26.1 Å². The van der Waals surface area contributed by atoms with E-state index in [2.05, 4.69) is 10.1 Å². The summed E-state index contributed by atoms with van der Waals surface area (Å²) in [7, 11) is 5.42. The van der Waals surface area contributed by atoms with Gasteiger partial charge in [0.05, 0.1) is 24.8 Å². The van der Waals surface area contributed by atoms with Crippen LogP contribution in [0.25, 0.3) is 22.9 Å². The SMILES string of the molecule is COC(C)Cn1ncnc1-c1cn2c(n1)-c1ccc(C(=O)/C=C/N(C)C)cc1OCC2. The molecule has 0 radical (unpaired) electrons. The Morgan fingerprint density at radius 1 is 1.35 bits per heavy atom. The van der Waals surface area contributed by atoms with E-state index in [0.717, 1.165) is 17.1 Å². The van der Waals surface area contributed by atoms with Crippen molar-refractivity contribution in [3.8, 4) is 28.7 Å². The van der Waals surface area contributed by atoms with Gasteiger partial charge in [-0.2, -0.15) is 5.10 Å². The van der Waals surface area contributed by atoms with Gasteiger partial charge in [0.15, 0.2) is 11.6 Å². The minimum Gasteiger partial charge on any atom is -0.491 e. The van der Waals surface area contributed by atoms with E-state index in [1.165, 1.54) is 6.33 Å². The Bertz CT molecular complexity index is 1110. The number of methoxy groups -OCH3 is 1. The largest absolute Gasteiger partial charge is 0.491 e. The van der Waals surface area contributed by atoms with Crippen molar-refractivity contribution < 1.29 is 14.3 Å². The second-order valence-electron chi connectivity index (χ2n) is 7.66. The first-order valence-electron chi connectivity index (χ1n) is 10.1. The van der Waals surface area contributed by atoms with Crippen LogP contribution < -0.4 is 4.74 Å². The second kappa shape index (κ2) is 8.73. The molecule has 1 aliphatic heterocycles. The summed E-state index contributed by atoms with van der Waals surface area (Å²) in [6, 6.07) is 5.47. The number of fused-ring (bicyclic) bond motifs is 3. The number of nitrogens with zero attached hydrogens (tertiary/aromatic N) is 6. The Labute approximate surface area is 180 Å². The third kappa shape index (κ3) is 4.36. The fourth-order valence-corrected chi connectivity index (χ4v) is 3.37. The topological polar surface area (TPSA) is 87.3 Å². The Hall–Kier alpha value is -3.46. The van der Waals surface area contributed by atoms with Gasteiger partial charge in [-0.1, -0.05) is 6.07 Å². The molecule has 1 aliphatic rings. The standard InChI is InChI=1S/C22H26N6O3/c1-15(30-4)12-28-22(23-14-24-28)18-13-27-9-10-31-20-11-16(19(29)7-8-26(2)3)5-6-17(20)21(27)25-18/h5-8,11,13-15H,9-10,12H2,1-4H3/b8-7+. The Morgan fingerprint density at radius 2 is 2.19 bits per heavy atom. The van der Waals surface area contributed by atoms with Crippen molar-refractivity contribution in [2.24, 2.45) is 0 Å². The molecule has 0 fully saturated rings. The van der Waals surface area contributed by atoms with Gasteiger partial charge in [-0.3, -0.25) is 4.79 Å². The first-order valence-corrected chi connectivity index (χ1v) is 10.1. The van der Waals surface area contributed by atoms with Crippen molar-refractivity contribution in [3.05, 3.63) is 48.6 Å². The molecule has 4 rings (SSSR count). The third-order valence-corrected chi connectivity index (χ3v) is 5.07. The van der Waals surface area contributed by atoms with Crippen molar-refractivity contribution in [1.29, 1.82) is 0 Å². The monoisotopic (exact) mass is 422 g/mol. The van der Waals surface area contributed by atoms with E-state index in [0.29, 0.717) is 36.8 Å². The molecule has 0 aliphatic carbocycles. The number of aromatic nitrogens is 5. The molecule has 9 heteroatoms. The smallest absolute Gasteiger partial charge is 0.187 e. The van der Waals surface area contributed by atoms with E-state index in [1.807, 2.05) is 42.7 Å². The van der Waals surface area contributed by atoms with Crippen molar-refractivity contribution >= 4 is 5.78 Å². The van der Waals surface area contributed by atoms with E-state index in [1.54, 1.807) is 36.2 Å². The molecule has 9 nitrogen and oxygen atoms in total. The van der Waals surface area contributed by atoms with Gasteiger partial charge >= 0.3 is 0 Å². The van der Waals surface area contributed by atoms with Crippen molar-refractivity contribution in [3.63, 3.8) is 0 Å². The highest BCUT2D eigenvalue weighted by Gasteiger charge is 2.22. The minimum atomic E-state index is -0.0752. The van der Waals surface area contributed by atoms with Crippen LogP contribution >= 0.6 is 0 Å². The van der Waals surface area contributed by atoms with Gasteiger partial charge < -0.3 is 18.9 Å². The van der Waals surface area contributed by atoms with E-state index in [9.17, 15) is 4.79 Å². The van der Waals surface area contributed by atoms with Crippen LogP contribution in [0.3, 0.4) is 0 Å². The summed E-state index contributed by atoms with van der Waals surface area (Å²) in [5.41, 5.74) is 2.15. The molecule has 1 aromatic carbocycles. The van der Waals surface area contributed by atoms with Crippen molar-refractivity contribution in [1.82, 2.24) is 29.2 Å². The zero-order valence-electron chi connectivity index (χ0n) is 18.1. The molecule has 1 atom stereocenters. The van der Waals surface area contributed by atoms with Gasteiger partial charge in [0.1, 0.15) is 30.2 Å².